The first-order valence-corrected chi connectivity index (χ1v) is 6.64. The van der Waals surface area contributed by atoms with Crippen LogP contribution in [0.2, 0.25) is 0 Å². The highest BCUT2D eigenvalue weighted by molar-refractivity contribution is 5.31. The van der Waals surface area contributed by atoms with Crippen LogP contribution >= 0.6 is 0 Å². The van der Waals surface area contributed by atoms with Gasteiger partial charge in [-0.2, -0.15) is 4.98 Å². The van der Waals surface area contributed by atoms with Gasteiger partial charge in [0.2, 0.25) is 11.8 Å². The van der Waals surface area contributed by atoms with Crippen molar-refractivity contribution in [2.75, 3.05) is 26.0 Å². The minimum Gasteiger partial charge on any atom is -0.475 e. The molecular weight excluding hydrogens is 240 g/mol. The van der Waals surface area contributed by atoms with Crippen LogP contribution < -0.4 is 10.1 Å². The maximum atomic E-state index is 5.61. The van der Waals surface area contributed by atoms with E-state index in [1.54, 1.807) is 0 Å². The molecule has 1 N–H and O–H groups in total. The van der Waals surface area contributed by atoms with Gasteiger partial charge in [0.25, 0.3) is 0 Å². The molecule has 108 valence electrons. The Balaban J connectivity index is 2.76. The predicted molar refractivity (Wildman–Crippen MR) is 78.8 cm³/mol. The maximum absolute atomic E-state index is 5.61. The molecule has 5 heteroatoms. The summed E-state index contributed by atoms with van der Waals surface area (Å²) in [7, 11) is 4.12. The Labute approximate surface area is 116 Å². The molecule has 0 aromatic carbocycles. The van der Waals surface area contributed by atoms with E-state index >= 15 is 0 Å². The molecule has 0 atom stereocenters. The van der Waals surface area contributed by atoms with Gasteiger partial charge < -0.3 is 15.0 Å². The summed E-state index contributed by atoms with van der Waals surface area (Å²) in [6.45, 7) is 11.0. The van der Waals surface area contributed by atoms with Gasteiger partial charge in [-0.1, -0.05) is 0 Å². The zero-order chi connectivity index (χ0) is 14.6. The van der Waals surface area contributed by atoms with Crippen molar-refractivity contribution in [2.45, 2.75) is 46.3 Å². The summed E-state index contributed by atoms with van der Waals surface area (Å²) in [4.78, 5) is 10.9. The van der Waals surface area contributed by atoms with Crippen LogP contribution in [0.5, 0.6) is 5.88 Å². The van der Waals surface area contributed by atoms with E-state index in [0.29, 0.717) is 11.8 Å². The first-order valence-electron chi connectivity index (χ1n) is 6.64. The van der Waals surface area contributed by atoms with Gasteiger partial charge in [0.15, 0.2) is 0 Å². The summed E-state index contributed by atoms with van der Waals surface area (Å²) in [6.07, 6.45) is 0.111. The molecule has 0 saturated carbocycles. The van der Waals surface area contributed by atoms with Crippen molar-refractivity contribution in [3.63, 3.8) is 0 Å². The van der Waals surface area contributed by atoms with E-state index in [0.717, 1.165) is 12.2 Å². The molecule has 0 aliphatic carbocycles. The Morgan fingerprint density at radius 1 is 1.32 bits per heavy atom. The Morgan fingerprint density at radius 3 is 2.47 bits per heavy atom. The first-order chi connectivity index (χ1) is 8.70. The first kappa shape index (κ1) is 15.7. The van der Waals surface area contributed by atoms with Gasteiger partial charge in [-0.25, -0.2) is 4.98 Å². The van der Waals surface area contributed by atoms with Crippen LogP contribution in [0.1, 0.15) is 33.4 Å². The molecule has 0 unspecified atom stereocenters. The Hall–Kier alpha value is -1.36. The molecule has 0 saturated heterocycles. The third-order valence-corrected chi connectivity index (χ3v) is 3.08. The average Bonchev–Trinajstić information content (AvgIpc) is 2.24. The fraction of sp³-hybridized carbons (Fsp3) is 0.714. The molecule has 0 aliphatic rings. The van der Waals surface area contributed by atoms with E-state index in [1.165, 1.54) is 0 Å². The van der Waals surface area contributed by atoms with Crippen molar-refractivity contribution in [3.05, 3.63) is 11.8 Å². The number of aromatic nitrogens is 2. The lowest BCUT2D eigenvalue weighted by molar-refractivity contribution is 0.209. The molecule has 1 rings (SSSR count). The largest absolute Gasteiger partial charge is 0.475 e. The molecule has 1 heterocycles. The predicted octanol–water partition coefficient (Wildman–Crippen LogP) is 2.32. The highest BCUT2D eigenvalue weighted by Gasteiger charge is 2.20. The summed E-state index contributed by atoms with van der Waals surface area (Å²) in [5.74, 6) is 1.23. The van der Waals surface area contributed by atoms with Gasteiger partial charge in [-0.3, -0.25) is 0 Å². The fourth-order valence-electron chi connectivity index (χ4n) is 1.37. The minimum absolute atomic E-state index is 0.0339. The number of aryl methyl sites for hydroxylation is 1. The molecular formula is C14H26N4O. The van der Waals surface area contributed by atoms with Gasteiger partial charge in [0.1, 0.15) is 0 Å². The standard InChI is InChI=1S/C14H26N4O/c1-10(2)19-12-8-11(3)16-13(17-12)15-9-14(4,5)18(6)7/h8,10H,9H2,1-7H3,(H,15,16,17). The summed E-state index contributed by atoms with van der Waals surface area (Å²) >= 11 is 0. The molecule has 1 aromatic heterocycles. The molecule has 1 aromatic rings. The van der Waals surface area contributed by atoms with Gasteiger partial charge >= 0.3 is 0 Å². The average molecular weight is 266 g/mol. The minimum atomic E-state index is 0.0339. The third kappa shape index (κ3) is 5.03. The zero-order valence-corrected chi connectivity index (χ0v) is 13.1. The lowest BCUT2D eigenvalue weighted by atomic mass is 10.1. The smallest absolute Gasteiger partial charge is 0.226 e. The Morgan fingerprint density at radius 2 is 1.95 bits per heavy atom. The van der Waals surface area contributed by atoms with Crippen molar-refractivity contribution < 1.29 is 4.74 Å². The van der Waals surface area contributed by atoms with Gasteiger partial charge in [0.05, 0.1) is 6.10 Å². The molecule has 0 radical (unpaired) electrons. The lowest BCUT2D eigenvalue weighted by Gasteiger charge is -2.32. The van der Waals surface area contributed by atoms with Crippen molar-refractivity contribution in [1.29, 1.82) is 0 Å². The fourth-order valence-corrected chi connectivity index (χ4v) is 1.37. The van der Waals surface area contributed by atoms with Gasteiger partial charge in [-0.15, -0.1) is 0 Å². The van der Waals surface area contributed by atoms with Crippen LogP contribution in [0, 0.1) is 6.92 Å². The van der Waals surface area contributed by atoms with Crippen LogP contribution in [0.4, 0.5) is 5.95 Å². The molecule has 19 heavy (non-hydrogen) atoms. The van der Waals surface area contributed by atoms with Crippen molar-refractivity contribution in [3.8, 4) is 5.88 Å². The van der Waals surface area contributed by atoms with E-state index in [9.17, 15) is 0 Å². The van der Waals surface area contributed by atoms with Crippen LogP contribution in [-0.4, -0.2) is 47.2 Å². The molecule has 0 amide bonds. The topological polar surface area (TPSA) is 50.3 Å². The second-order valence-corrected chi connectivity index (χ2v) is 5.90. The zero-order valence-electron chi connectivity index (χ0n) is 13.1. The van der Waals surface area contributed by atoms with Crippen LogP contribution in [0.25, 0.3) is 0 Å². The van der Waals surface area contributed by atoms with Crippen molar-refractivity contribution in [1.82, 2.24) is 14.9 Å². The molecule has 0 spiro atoms. The van der Waals surface area contributed by atoms with E-state index < -0.39 is 0 Å². The number of likely N-dealkylation sites (N-methyl/N-ethyl adjacent to an activating group) is 1. The van der Waals surface area contributed by atoms with E-state index in [-0.39, 0.29) is 11.6 Å². The maximum Gasteiger partial charge on any atom is 0.226 e. The lowest BCUT2D eigenvalue weighted by Crippen LogP contribution is -2.44. The van der Waals surface area contributed by atoms with E-state index in [1.807, 2.05) is 26.8 Å². The number of anilines is 1. The normalized spacial score (nSPS) is 12.1. The molecule has 0 fully saturated rings. The number of hydrogen-bond acceptors (Lipinski definition) is 5. The summed E-state index contributed by atoms with van der Waals surface area (Å²) < 4.78 is 5.61. The van der Waals surface area contributed by atoms with E-state index in [4.69, 9.17) is 4.74 Å². The summed E-state index contributed by atoms with van der Waals surface area (Å²) in [6, 6.07) is 1.85. The summed E-state index contributed by atoms with van der Waals surface area (Å²) in [5, 5.41) is 3.28. The van der Waals surface area contributed by atoms with Crippen molar-refractivity contribution >= 4 is 5.95 Å². The molecule has 0 bridgehead atoms. The monoisotopic (exact) mass is 266 g/mol. The number of nitrogens with one attached hydrogen (secondary N) is 1. The number of rotatable bonds is 6. The highest BCUT2D eigenvalue weighted by Crippen LogP contribution is 2.15. The second kappa shape index (κ2) is 6.19. The quantitative estimate of drug-likeness (QED) is 0.856. The van der Waals surface area contributed by atoms with Gasteiger partial charge in [-0.05, 0) is 48.7 Å². The molecule has 0 aliphatic heterocycles. The number of ether oxygens (including phenoxy) is 1. The van der Waals surface area contributed by atoms with E-state index in [2.05, 4.69) is 48.1 Å². The van der Waals surface area contributed by atoms with Crippen LogP contribution in [0.3, 0.4) is 0 Å². The number of nitrogens with zero attached hydrogens (tertiary/aromatic N) is 3. The number of hydrogen-bond donors (Lipinski definition) is 1. The van der Waals surface area contributed by atoms with Gasteiger partial charge in [0, 0.05) is 23.8 Å². The van der Waals surface area contributed by atoms with Crippen LogP contribution in [0.15, 0.2) is 6.07 Å². The highest BCUT2D eigenvalue weighted by atomic mass is 16.5. The Bertz CT molecular complexity index is 416. The summed E-state index contributed by atoms with van der Waals surface area (Å²) in [5.41, 5.74) is 0.933. The Kier molecular flexibility index (Phi) is 5.11. The second-order valence-electron chi connectivity index (χ2n) is 5.90. The van der Waals surface area contributed by atoms with Crippen molar-refractivity contribution in [2.24, 2.45) is 0 Å². The molecule has 5 nitrogen and oxygen atoms in total. The van der Waals surface area contributed by atoms with Crippen LogP contribution in [-0.2, 0) is 0 Å². The third-order valence-electron chi connectivity index (χ3n) is 3.08. The SMILES string of the molecule is Cc1cc(OC(C)C)nc(NCC(C)(C)N(C)C)n1.